The molecule has 1 aliphatic heterocycles. The highest BCUT2D eigenvalue weighted by atomic mass is 32.1. The van der Waals surface area contributed by atoms with Gasteiger partial charge in [0.15, 0.2) is 0 Å². The predicted octanol–water partition coefficient (Wildman–Crippen LogP) is 1.48. The van der Waals surface area contributed by atoms with Crippen molar-refractivity contribution in [3.63, 3.8) is 0 Å². The Kier molecular flexibility index (Phi) is 5.16. The SMILES string of the molecule is CN(Cc1cccs1)C(=O)CNCC1CCCO1. The number of likely N-dealkylation sites (N-methyl/N-ethyl adjacent to an activating group) is 1. The number of thiophene rings is 1. The maximum absolute atomic E-state index is 11.9. The van der Waals surface area contributed by atoms with Crippen LogP contribution in [-0.2, 0) is 16.1 Å². The first-order chi connectivity index (χ1) is 8.75. The van der Waals surface area contributed by atoms with Gasteiger partial charge in [0, 0.05) is 25.1 Å². The van der Waals surface area contributed by atoms with Crippen LogP contribution in [0.2, 0.25) is 0 Å². The molecule has 0 aromatic carbocycles. The van der Waals surface area contributed by atoms with E-state index in [-0.39, 0.29) is 5.91 Å². The molecule has 1 unspecified atom stereocenters. The monoisotopic (exact) mass is 268 g/mol. The van der Waals surface area contributed by atoms with Gasteiger partial charge in [0.05, 0.1) is 19.2 Å². The number of nitrogens with one attached hydrogen (secondary N) is 1. The second kappa shape index (κ2) is 6.87. The number of rotatable bonds is 6. The molecule has 1 fully saturated rings. The molecule has 0 saturated carbocycles. The number of amides is 1. The van der Waals surface area contributed by atoms with E-state index in [1.54, 1.807) is 16.2 Å². The summed E-state index contributed by atoms with van der Waals surface area (Å²) in [5, 5.41) is 5.21. The quantitative estimate of drug-likeness (QED) is 0.849. The van der Waals surface area contributed by atoms with Gasteiger partial charge in [-0.15, -0.1) is 11.3 Å². The Balaban J connectivity index is 1.64. The first kappa shape index (κ1) is 13.5. The number of hydrogen-bond donors (Lipinski definition) is 1. The van der Waals surface area contributed by atoms with Crippen LogP contribution in [0, 0.1) is 0 Å². The maximum Gasteiger partial charge on any atom is 0.236 e. The van der Waals surface area contributed by atoms with Crippen LogP contribution in [0.25, 0.3) is 0 Å². The smallest absolute Gasteiger partial charge is 0.236 e. The fourth-order valence-corrected chi connectivity index (χ4v) is 2.76. The van der Waals surface area contributed by atoms with Gasteiger partial charge in [-0.05, 0) is 24.3 Å². The zero-order chi connectivity index (χ0) is 12.8. The van der Waals surface area contributed by atoms with E-state index in [1.807, 2.05) is 24.6 Å². The lowest BCUT2D eigenvalue weighted by Crippen LogP contribution is -2.37. The predicted molar refractivity (Wildman–Crippen MR) is 72.6 cm³/mol. The van der Waals surface area contributed by atoms with Gasteiger partial charge in [-0.25, -0.2) is 0 Å². The highest BCUT2D eigenvalue weighted by molar-refractivity contribution is 7.09. The van der Waals surface area contributed by atoms with Crippen molar-refractivity contribution in [2.75, 3.05) is 26.7 Å². The third-order valence-corrected chi connectivity index (χ3v) is 3.93. The molecule has 0 aliphatic carbocycles. The van der Waals surface area contributed by atoms with Crippen LogP contribution in [0.1, 0.15) is 17.7 Å². The summed E-state index contributed by atoms with van der Waals surface area (Å²) >= 11 is 1.68. The van der Waals surface area contributed by atoms with Crippen molar-refractivity contribution in [1.29, 1.82) is 0 Å². The summed E-state index contributed by atoms with van der Waals surface area (Å²) in [6, 6.07) is 4.06. The van der Waals surface area contributed by atoms with Crippen molar-refractivity contribution in [2.45, 2.75) is 25.5 Å². The minimum atomic E-state index is 0.126. The summed E-state index contributed by atoms with van der Waals surface area (Å²) in [5.41, 5.74) is 0. The molecule has 1 amide bonds. The van der Waals surface area contributed by atoms with Gasteiger partial charge in [0.25, 0.3) is 0 Å². The molecule has 1 aliphatic rings. The molecule has 1 aromatic rings. The van der Waals surface area contributed by atoms with Crippen molar-refractivity contribution >= 4 is 17.2 Å². The molecule has 100 valence electrons. The lowest BCUT2D eigenvalue weighted by Gasteiger charge is -2.17. The Morgan fingerprint density at radius 1 is 1.67 bits per heavy atom. The number of carbonyl (C=O) groups is 1. The maximum atomic E-state index is 11.9. The average Bonchev–Trinajstić information content (AvgIpc) is 3.01. The van der Waals surface area contributed by atoms with Gasteiger partial charge in [0.2, 0.25) is 5.91 Å². The summed E-state index contributed by atoms with van der Waals surface area (Å²) in [7, 11) is 1.84. The van der Waals surface area contributed by atoms with E-state index >= 15 is 0 Å². The highest BCUT2D eigenvalue weighted by Gasteiger charge is 2.16. The molecule has 0 bridgehead atoms. The number of nitrogens with zero attached hydrogens (tertiary/aromatic N) is 1. The molecule has 0 spiro atoms. The Labute approximate surface area is 112 Å². The van der Waals surface area contributed by atoms with Gasteiger partial charge >= 0.3 is 0 Å². The van der Waals surface area contributed by atoms with Crippen LogP contribution in [0.15, 0.2) is 17.5 Å². The second-order valence-electron chi connectivity index (χ2n) is 4.60. The molecule has 1 atom stereocenters. The van der Waals surface area contributed by atoms with E-state index in [0.717, 1.165) is 26.0 Å². The summed E-state index contributed by atoms with van der Waals surface area (Å²) in [6.07, 6.45) is 2.53. The molecule has 1 saturated heterocycles. The molecule has 2 rings (SSSR count). The molecule has 18 heavy (non-hydrogen) atoms. The Morgan fingerprint density at radius 2 is 2.56 bits per heavy atom. The molecule has 2 heterocycles. The third-order valence-electron chi connectivity index (χ3n) is 3.07. The van der Waals surface area contributed by atoms with Gasteiger partial charge < -0.3 is 15.0 Å². The van der Waals surface area contributed by atoms with E-state index in [0.29, 0.717) is 19.2 Å². The van der Waals surface area contributed by atoms with Gasteiger partial charge in [-0.2, -0.15) is 0 Å². The molecule has 1 aromatic heterocycles. The standard InChI is InChI=1S/C13H20N2O2S/c1-15(10-12-5-3-7-18-12)13(16)9-14-8-11-4-2-6-17-11/h3,5,7,11,14H,2,4,6,8-10H2,1H3. The summed E-state index contributed by atoms with van der Waals surface area (Å²) in [6.45, 7) is 2.72. The van der Waals surface area contributed by atoms with E-state index in [4.69, 9.17) is 4.74 Å². The molecule has 4 nitrogen and oxygen atoms in total. The van der Waals surface area contributed by atoms with Gasteiger partial charge in [-0.1, -0.05) is 6.07 Å². The first-order valence-electron chi connectivity index (χ1n) is 6.34. The summed E-state index contributed by atoms with van der Waals surface area (Å²) < 4.78 is 5.49. The minimum Gasteiger partial charge on any atom is -0.377 e. The Bertz CT molecular complexity index is 361. The Morgan fingerprint density at radius 3 is 3.22 bits per heavy atom. The van der Waals surface area contributed by atoms with E-state index in [2.05, 4.69) is 5.32 Å². The zero-order valence-corrected chi connectivity index (χ0v) is 11.5. The van der Waals surface area contributed by atoms with Crippen molar-refractivity contribution in [3.8, 4) is 0 Å². The zero-order valence-electron chi connectivity index (χ0n) is 10.7. The van der Waals surface area contributed by atoms with Gasteiger partial charge in [-0.3, -0.25) is 4.79 Å². The summed E-state index contributed by atoms with van der Waals surface area (Å²) in [4.78, 5) is 14.8. The third kappa shape index (κ3) is 4.08. The molecule has 5 heteroatoms. The first-order valence-corrected chi connectivity index (χ1v) is 7.22. The van der Waals surface area contributed by atoms with Crippen LogP contribution in [0.5, 0.6) is 0 Å². The minimum absolute atomic E-state index is 0.126. The lowest BCUT2D eigenvalue weighted by molar-refractivity contribution is -0.129. The van der Waals surface area contributed by atoms with E-state index < -0.39 is 0 Å². The van der Waals surface area contributed by atoms with Crippen molar-refractivity contribution < 1.29 is 9.53 Å². The lowest BCUT2D eigenvalue weighted by atomic mass is 10.2. The second-order valence-corrected chi connectivity index (χ2v) is 5.63. The van der Waals surface area contributed by atoms with E-state index in [9.17, 15) is 4.79 Å². The van der Waals surface area contributed by atoms with Crippen LogP contribution in [0.3, 0.4) is 0 Å². The fraction of sp³-hybridized carbons (Fsp3) is 0.615. The average molecular weight is 268 g/mol. The molecular weight excluding hydrogens is 248 g/mol. The van der Waals surface area contributed by atoms with Crippen LogP contribution >= 0.6 is 11.3 Å². The fourth-order valence-electron chi connectivity index (χ4n) is 2.00. The van der Waals surface area contributed by atoms with E-state index in [1.165, 1.54) is 4.88 Å². The number of ether oxygens (including phenoxy) is 1. The number of carbonyl (C=O) groups excluding carboxylic acids is 1. The van der Waals surface area contributed by atoms with Crippen LogP contribution in [0.4, 0.5) is 0 Å². The molecular formula is C13H20N2O2S. The highest BCUT2D eigenvalue weighted by Crippen LogP contribution is 2.11. The van der Waals surface area contributed by atoms with Crippen LogP contribution in [-0.4, -0.2) is 43.7 Å². The van der Waals surface area contributed by atoms with Gasteiger partial charge in [0.1, 0.15) is 0 Å². The topological polar surface area (TPSA) is 41.6 Å². The Hall–Kier alpha value is -0.910. The van der Waals surface area contributed by atoms with Crippen molar-refractivity contribution in [3.05, 3.63) is 22.4 Å². The largest absolute Gasteiger partial charge is 0.377 e. The van der Waals surface area contributed by atoms with Crippen LogP contribution < -0.4 is 5.32 Å². The van der Waals surface area contributed by atoms with Crippen molar-refractivity contribution in [2.24, 2.45) is 0 Å². The molecule has 0 radical (unpaired) electrons. The molecule has 1 N–H and O–H groups in total. The number of hydrogen-bond acceptors (Lipinski definition) is 4. The normalized spacial score (nSPS) is 19.1. The van der Waals surface area contributed by atoms with Crippen molar-refractivity contribution in [1.82, 2.24) is 10.2 Å². The summed E-state index contributed by atoms with van der Waals surface area (Å²) in [5.74, 6) is 0.126.